The van der Waals surface area contributed by atoms with Crippen LogP contribution in [0.25, 0.3) is 0 Å². The van der Waals surface area contributed by atoms with E-state index in [4.69, 9.17) is 14.5 Å². The molecule has 0 spiro atoms. The predicted octanol–water partition coefficient (Wildman–Crippen LogP) is 3.72. The first-order valence-corrected chi connectivity index (χ1v) is 9.57. The van der Waals surface area contributed by atoms with Crippen LogP contribution in [0, 0.1) is 5.92 Å². The second kappa shape index (κ2) is 8.46. The number of methoxy groups -OCH3 is 2. The molecule has 5 nitrogen and oxygen atoms in total. The van der Waals surface area contributed by atoms with E-state index in [1.54, 1.807) is 14.2 Å². The van der Waals surface area contributed by atoms with Gasteiger partial charge in [0.05, 0.1) is 20.8 Å². The van der Waals surface area contributed by atoms with Crippen molar-refractivity contribution in [2.45, 2.75) is 32.4 Å². The molecule has 0 saturated heterocycles. The molecule has 28 heavy (non-hydrogen) atoms. The summed E-state index contributed by atoms with van der Waals surface area (Å²) in [5.41, 5.74) is 1.27. The molecule has 0 fully saturated rings. The zero-order valence-corrected chi connectivity index (χ0v) is 17.0. The third-order valence-electron chi connectivity index (χ3n) is 5.35. The molecule has 5 heteroatoms. The first-order chi connectivity index (χ1) is 13.5. The first kappa shape index (κ1) is 19.9. The molecule has 0 aliphatic carbocycles. The molecule has 0 aromatic heterocycles. The first-order valence-electron chi connectivity index (χ1n) is 9.57. The zero-order valence-electron chi connectivity index (χ0n) is 17.0. The standard InChI is InChI=1S/C23H28N2O3/c1-17(2)23(14-18-8-6-5-7-9-18)22(26)25(16-21(24-23)28-4)15-19-10-12-20(27-3)13-11-19/h5-13,17H,14-16H2,1-4H3. The summed E-state index contributed by atoms with van der Waals surface area (Å²) in [7, 11) is 3.26. The molecule has 0 bridgehead atoms. The Morgan fingerprint density at radius 3 is 2.25 bits per heavy atom. The lowest BCUT2D eigenvalue weighted by Gasteiger charge is -2.41. The third kappa shape index (κ3) is 4.03. The molecule has 1 aliphatic rings. The van der Waals surface area contributed by atoms with Crippen molar-refractivity contribution in [3.63, 3.8) is 0 Å². The molecule has 148 valence electrons. The Morgan fingerprint density at radius 2 is 1.68 bits per heavy atom. The molecule has 0 N–H and O–H groups in total. The van der Waals surface area contributed by atoms with Crippen LogP contribution >= 0.6 is 0 Å². The fourth-order valence-electron chi connectivity index (χ4n) is 3.61. The maximum Gasteiger partial charge on any atom is 0.252 e. The number of amides is 1. The number of carbonyl (C=O) groups excluding carboxylic acids is 1. The van der Waals surface area contributed by atoms with Gasteiger partial charge in [-0.15, -0.1) is 0 Å². The molecule has 1 atom stereocenters. The monoisotopic (exact) mass is 380 g/mol. The van der Waals surface area contributed by atoms with Gasteiger partial charge < -0.3 is 14.4 Å². The maximum absolute atomic E-state index is 13.6. The summed E-state index contributed by atoms with van der Waals surface area (Å²) < 4.78 is 10.7. The normalized spacial score (nSPS) is 19.5. The summed E-state index contributed by atoms with van der Waals surface area (Å²) in [6.45, 7) is 4.99. The number of hydrogen-bond acceptors (Lipinski definition) is 4. The average Bonchev–Trinajstić information content (AvgIpc) is 2.72. The Bertz CT molecular complexity index is 831. The molecule has 1 unspecified atom stereocenters. The Hall–Kier alpha value is -2.82. The summed E-state index contributed by atoms with van der Waals surface area (Å²) in [5, 5.41) is 0. The van der Waals surface area contributed by atoms with Crippen LogP contribution in [-0.2, 0) is 22.5 Å². The molecule has 2 aromatic carbocycles. The average molecular weight is 380 g/mol. The van der Waals surface area contributed by atoms with E-state index in [0.29, 0.717) is 25.4 Å². The quantitative estimate of drug-likeness (QED) is 0.767. The second-order valence-corrected chi connectivity index (χ2v) is 7.46. The molecule has 3 rings (SSSR count). The Kier molecular flexibility index (Phi) is 6.02. The van der Waals surface area contributed by atoms with Gasteiger partial charge in [0.15, 0.2) is 0 Å². The van der Waals surface area contributed by atoms with Crippen molar-refractivity contribution >= 4 is 11.8 Å². The topological polar surface area (TPSA) is 51.1 Å². The summed E-state index contributed by atoms with van der Waals surface area (Å²) in [5.74, 6) is 1.47. The van der Waals surface area contributed by atoms with Crippen LogP contribution in [0.5, 0.6) is 5.75 Å². The zero-order chi connectivity index (χ0) is 20.1. The van der Waals surface area contributed by atoms with Crippen molar-refractivity contribution in [3.8, 4) is 5.75 Å². The van der Waals surface area contributed by atoms with Crippen molar-refractivity contribution in [2.24, 2.45) is 10.9 Å². The number of aliphatic imine (C=N–C) groups is 1. The molecule has 1 heterocycles. The van der Waals surface area contributed by atoms with Crippen molar-refractivity contribution in [2.75, 3.05) is 20.8 Å². The van der Waals surface area contributed by atoms with Gasteiger partial charge in [0, 0.05) is 13.0 Å². The van der Waals surface area contributed by atoms with Gasteiger partial charge in [-0.3, -0.25) is 4.79 Å². The van der Waals surface area contributed by atoms with E-state index in [-0.39, 0.29) is 11.8 Å². The van der Waals surface area contributed by atoms with Crippen LogP contribution in [0.4, 0.5) is 0 Å². The van der Waals surface area contributed by atoms with E-state index in [0.717, 1.165) is 16.9 Å². The minimum atomic E-state index is -0.864. The number of nitrogens with zero attached hydrogens (tertiary/aromatic N) is 2. The minimum absolute atomic E-state index is 0.0315. The number of rotatable bonds is 6. The number of carbonyl (C=O) groups is 1. The van der Waals surface area contributed by atoms with E-state index in [1.807, 2.05) is 59.5 Å². The van der Waals surface area contributed by atoms with Crippen molar-refractivity contribution in [1.82, 2.24) is 4.90 Å². The van der Waals surface area contributed by atoms with E-state index < -0.39 is 5.54 Å². The summed E-state index contributed by atoms with van der Waals surface area (Å²) in [4.78, 5) is 20.3. The van der Waals surface area contributed by atoms with Crippen LogP contribution in [-0.4, -0.2) is 43.0 Å². The van der Waals surface area contributed by atoms with Gasteiger partial charge in [-0.05, 0) is 29.2 Å². The molecule has 2 aromatic rings. The van der Waals surface area contributed by atoms with Crippen LogP contribution in [0.2, 0.25) is 0 Å². The lowest BCUT2D eigenvalue weighted by molar-refractivity contribution is -0.139. The van der Waals surface area contributed by atoms with Crippen LogP contribution in [0.3, 0.4) is 0 Å². The minimum Gasteiger partial charge on any atom is -0.497 e. The highest BCUT2D eigenvalue weighted by molar-refractivity contribution is 5.96. The van der Waals surface area contributed by atoms with Gasteiger partial charge >= 0.3 is 0 Å². The van der Waals surface area contributed by atoms with E-state index in [1.165, 1.54) is 0 Å². The number of ether oxygens (including phenoxy) is 2. The third-order valence-corrected chi connectivity index (χ3v) is 5.35. The molecule has 1 amide bonds. The second-order valence-electron chi connectivity index (χ2n) is 7.46. The van der Waals surface area contributed by atoms with Crippen molar-refractivity contribution < 1.29 is 14.3 Å². The van der Waals surface area contributed by atoms with Gasteiger partial charge in [0.1, 0.15) is 11.3 Å². The maximum atomic E-state index is 13.6. The lowest BCUT2D eigenvalue weighted by atomic mass is 9.79. The number of hydrogen-bond donors (Lipinski definition) is 0. The Labute approximate surface area is 167 Å². The van der Waals surface area contributed by atoms with Gasteiger partial charge in [-0.2, -0.15) is 0 Å². The van der Waals surface area contributed by atoms with Gasteiger partial charge in [0.2, 0.25) is 5.90 Å². The molecule has 1 aliphatic heterocycles. The van der Waals surface area contributed by atoms with Gasteiger partial charge in [-0.25, -0.2) is 4.99 Å². The van der Waals surface area contributed by atoms with E-state index in [2.05, 4.69) is 13.8 Å². The molecular formula is C23H28N2O3. The summed E-state index contributed by atoms with van der Waals surface area (Å²) >= 11 is 0. The van der Waals surface area contributed by atoms with E-state index in [9.17, 15) is 4.79 Å². The van der Waals surface area contributed by atoms with Crippen LogP contribution in [0.1, 0.15) is 25.0 Å². The summed E-state index contributed by atoms with van der Waals surface area (Å²) in [6.07, 6.45) is 0.552. The SMILES string of the molecule is COC1=NC(Cc2ccccc2)(C(C)C)C(=O)N(Cc2ccc(OC)cc2)C1. The largest absolute Gasteiger partial charge is 0.497 e. The van der Waals surface area contributed by atoms with Crippen molar-refractivity contribution in [1.29, 1.82) is 0 Å². The fraction of sp³-hybridized carbons (Fsp3) is 0.391. The Morgan fingerprint density at radius 1 is 1.00 bits per heavy atom. The van der Waals surface area contributed by atoms with Crippen molar-refractivity contribution in [3.05, 3.63) is 65.7 Å². The predicted molar refractivity (Wildman–Crippen MR) is 111 cm³/mol. The van der Waals surface area contributed by atoms with E-state index >= 15 is 0 Å². The molecule has 0 radical (unpaired) electrons. The smallest absolute Gasteiger partial charge is 0.252 e. The highest BCUT2D eigenvalue weighted by Crippen LogP contribution is 2.33. The lowest BCUT2D eigenvalue weighted by Crippen LogP contribution is -2.57. The number of benzene rings is 2. The van der Waals surface area contributed by atoms with Crippen LogP contribution in [0.15, 0.2) is 59.6 Å². The molecular weight excluding hydrogens is 352 g/mol. The molecule has 0 saturated carbocycles. The highest BCUT2D eigenvalue weighted by Gasteiger charge is 2.47. The van der Waals surface area contributed by atoms with Gasteiger partial charge in [0.25, 0.3) is 5.91 Å². The summed E-state index contributed by atoms with van der Waals surface area (Å²) in [6, 6.07) is 17.8. The highest BCUT2D eigenvalue weighted by atomic mass is 16.5. The van der Waals surface area contributed by atoms with Crippen LogP contribution < -0.4 is 4.74 Å². The fourth-order valence-corrected chi connectivity index (χ4v) is 3.61. The van der Waals surface area contributed by atoms with Gasteiger partial charge in [-0.1, -0.05) is 56.3 Å². The Balaban J connectivity index is 1.93.